The van der Waals surface area contributed by atoms with E-state index in [1.165, 1.54) is 0 Å². The molecule has 1 aromatic rings. The van der Waals surface area contributed by atoms with Crippen LogP contribution < -0.4 is 4.90 Å². The van der Waals surface area contributed by atoms with Crippen molar-refractivity contribution >= 4 is 5.69 Å². The molecule has 0 aliphatic rings. The number of hydrogen-bond acceptors (Lipinski definition) is 3. The fourth-order valence-electron chi connectivity index (χ4n) is 1.70. The van der Waals surface area contributed by atoms with Crippen LogP contribution in [0.1, 0.15) is 39.0 Å². The van der Waals surface area contributed by atoms with E-state index in [1.54, 1.807) is 0 Å². The third-order valence-electron chi connectivity index (χ3n) is 2.71. The molecule has 17 heavy (non-hydrogen) atoms. The van der Waals surface area contributed by atoms with Crippen LogP contribution >= 0.6 is 0 Å². The number of aromatic nitrogens is 1. The summed E-state index contributed by atoms with van der Waals surface area (Å²) < 4.78 is 0. The first kappa shape index (κ1) is 13.7. The monoisotopic (exact) mass is 234 g/mol. The molecule has 0 spiro atoms. The van der Waals surface area contributed by atoms with Crippen molar-refractivity contribution in [3.8, 4) is 0 Å². The Kier molecular flexibility index (Phi) is 5.16. The van der Waals surface area contributed by atoms with E-state index in [1.807, 2.05) is 32.2 Å². The summed E-state index contributed by atoms with van der Waals surface area (Å²) in [6.45, 7) is 11.8. The lowest BCUT2D eigenvalue weighted by molar-refractivity contribution is 0.169. The lowest BCUT2D eigenvalue weighted by Crippen LogP contribution is -2.24. The Morgan fingerprint density at radius 3 is 2.59 bits per heavy atom. The van der Waals surface area contributed by atoms with Gasteiger partial charge in [-0.05, 0) is 32.4 Å². The van der Waals surface area contributed by atoms with E-state index in [9.17, 15) is 5.11 Å². The quantitative estimate of drug-likeness (QED) is 0.769. The molecule has 94 valence electrons. The van der Waals surface area contributed by atoms with Crippen molar-refractivity contribution in [3.63, 3.8) is 0 Å². The van der Waals surface area contributed by atoms with Gasteiger partial charge in [0.1, 0.15) is 0 Å². The summed E-state index contributed by atoms with van der Waals surface area (Å²) in [4.78, 5) is 6.51. The van der Waals surface area contributed by atoms with Gasteiger partial charge >= 0.3 is 0 Å². The summed E-state index contributed by atoms with van der Waals surface area (Å²) in [6.07, 6.45) is 2.05. The first-order valence-corrected chi connectivity index (χ1v) is 6.11. The average molecular weight is 234 g/mol. The predicted octanol–water partition coefficient (Wildman–Crippen LogP) is 2.93. The van der Waals surface area contributed by atoms with Gasteiger partial charge in [0.15, 0.2) is 0 Å². The maximum Gasteiger partial charge on any atom is 0.0957 e. The molecular weight excluding hydrogens is 212 g/mol. The summed E-state index contributed by atoms with van der Waals surface area (Å²) >= 11 is 0. The van der Waals surface area contributed by atoms with Gasteiger partial charge in [-0.2, -0.15) is 0 Å². The molecule has 0 saturated heterocycles. The minimum absolute atomic E-state index is 0.458. The molecule has 0 radical (unpaired) electrons. The van der Waals surface area contributed by atoms with Crippen LogP contribution in [0.15, 0.2) is 30.5 Å². The zero-order valence-corrected chi connectivity index (χ0v) is 11.0. The predicted molar refractivity (Wildman–Crippen MR) is 72.2 cm³/mol. The summed E-state index contributed by atoms with van der Waals surface area (Å²) in [5.74, 6) is 0. The van der Waals surface area contributed by atoms with Crippen LogP contribution in [0.3, 0.4) is 0 Å². The van der Waals surface area contributed by atoms with Crippen LogP contribution in [0.25, 0.3) is 0 Å². The highest BCUT2D eigenvalue weighted by Crippen LogP contribution is 2.18. The number of likely N-dealkylation sites (N-methyl/N-ethyl adjacent to an activating group) is 1. The lowest BCUT2D eigenvalue weighted by Gasteiger charge is -2.23. The molecule has 0 bridgehead atoms. The van der Waals surface area contributed by atoms with Gasteiger partial charge in [-0.3, -0.25) is 4.98 Å². The summed E-state index contributed by atoms with van der Waals surface area (Å²) in [6, 6.07) is 3.90. The second kappa shape index (κ2) is 6.40. The molecule has 1 rings (SSSR count). The van der Waals surface area contributed by atoms with Gasteiger partial charge in [0.2, 0.25) is 0 Å². The number of rotatable bonds is 6. The van der Waals surface area contributed by atoms with Gasteiger partial charge < -0.3 is 10.0 Å². The van der Waals surface area contributed by atoms with Gasteiger partial charge in [-0.1, -0.05) is 19.1 Å². The molecule has 1 atom stereocenters. The molecule has 3 nitrogen and oxygen atoms in total. The number of aliphatic hydroxyl groups is 1. The van der Waals surface area contributed by atoms with Crippen molar-refractivity contribution < 1.29 is 5.11 Å². The normalized spacial score (nSPS) is 12.2. The third kappa shape index (κ3) is 3.86. The third-order valence-corrected chi connectivity index (χ3v) is 2.71. The van der Waals surface area contributed by atoms with Crippen molar-refractivity contribution in [3.05, 3.63) is 36.2 Å². The van der Waals surface area contributed by atoms with Crippen molar-refractivity contribution in [1.82, 2.24) is 4.98 Å². The highest BCUT2D eigenvalue weighted by molar-refractivity contribution is 5.45. The molecule has 0 aromatic carbocycles. The Balaban J connectivity index is 2.81. The maximum atomic E-state index is 9.67. The van der Waals surface area contributed by atoms with E-state index in [4.69, 9.17) is 0 Å². The highest BCUT2D eigenvalue weighted by atomic mass is 16.3. The van der Waals surface area contributed by atoms with Gasteiger partial charge in [0, 0.05) is 13.1 Å². The minimum atomic E-state index is -0.458. The van der Waals surface area contributed by atoms with E-state index < -0.39 is 6.10 Å². The minimum Gasteiger partial charge on any atom is -0.387 e. The van der Waals surface area contributed by atoms with E-state index in [2.05, 4.69) is 23.4 Å². The van der Waals surface area contributed by atoms with Crippen LogP contribution in [0.4, 0.5) is 5.69 Å². The zero-order chi connectivity index (χ0) is 12.8. The standard InChI is InChI=1S/C14H22N2O/c1-5-14(17)13-8-7-12(9-15-13)16(6-2)10-11(3)4/h7-9,14,17H,3,5-6,10H2,1-2,4H3/t14-/m1/s1. The molecule has 3 heteroatoms. The van der Waals surface area contributed by atoms with Gasteiger partial charge in [0.05, 0.1) is 23.7 Å². The Hall–Kier alpha value is -1.35. The maximum absolute atomic E-state index is 9.67. The first-order valence-electron chi connectivity index (χ1n) is 6.11. The van der Waals surface area contributed by atoms with E-state index in [-0.39, 0.29) is 0 Å². The highest BCUT2D eigenvalue weighted by Gasteiger charge is 2.08. The van der Waals surface area contributed by atoms with E-state index >= 15 is 0 Å². The number of aliphatic hydroxyl groups excluding tert-OH is 1. The van der Waals surface area contributed by atoms with Crippen LogP contribution in [0.2, 0.25) is 0 Å². The van der Waals surface area contributed by atoms with Crippen LogP contribution in [-0.4, -0.2) is 23.2 Å². The second-order valence-corrected chi connectivity index (χ2v) is 4.34. The van der Waals surface area contributed by atoms with Crippen molar-refractivity contribution in [2.24, 2.45) is 0 Å². The molecule has 1 aromatic heterocycles. The number of hydrogen-bond donors (Lipinski definition) is 1. The second-order valence-electron chi connectivity index (χ2n) is 4.34. The van der Waals surface area contributed by atoms with E-state index in [0.717, 1.165) is 30.0 Å². The Morgan fingerprint density at radius 1 is 1.47 bits per heavy atom. The van der Waals surface area contributed by atoms with Crippen LogP contribution in [0.5, 0.6) is 0 Å². The molecule has 0 unspecified atom stereocenters. The van der Waals surface area contributed by atoms with Gasteiger partial charge in [-0.25, -0.2) is 0 Å². The van der Waals surface area contributed by atoms with E-state index in [0.29, 0.717) is 6.42 Å². The Labute approximate surface area is 104 Å². The summed E-state index contributed by atoms with van der Waals surface area (Å²) in [7, 11) is 0. The average Bonchev–Trinajstić information content (AvgIpc) is 2.35. The van der Waals surface area contributed by atoms with Crippen LogP contribution in [-0.2, 0) is 0 Å². The van der Waals surface area contributed by atoms with Crippen molar-refractivity contribution in [2.45, 2.75) is 33.3 Å². The lowest BCUT2D eigenvalue weighted by atomic mass is 10.2. The number of nitrogens with zero attached hydrogens (tertiary/aromatic N) is 2. The molecule has 1 heterocycles. The first-order chi connectivity index (χ1) is 8.08. The molecule has 0 amide bonds. The van der Waals surface area contributed by atoms with Gasteiger partial charge in [0.25, 0.3) is 0 Å². The molecule has 0 fully saturated rings. The van der Waals surface area contributed by atoms with Gasteiger partial charge in [-0.15, -0.1) is 0 Å². The van der Waals surface area contributed by atoms with Crippen molar-refractivity contribution in [1.29, 1.82) is 0 Å². The zero-order valence-electron chi connectivity index (χ0n) is 11.0. The fraction of sp³-hybridized carbons (Fsp3) is 0.500. The Morgan fingerprint density at radius 2 is 2.18 bits per heavy atom. The molecular formula is C14H22N2O. The molecule has 0 aliphatic heterocycles. The smallest absolute Gasteiger partial charge is 0.0957 e. The van der Waals surface area contributed by atoms with Crippen LogP contribution in [0, 0.1) is 0 Å². The molecule has 1 N–H and O–H groups in total. The molecule has 0 aliphatic carbocycles. The summed E-state index contributed by atoms with van der Waals surface area (Å²) in [5, 5.41) is 9.67. The Bertz CT molecular complexity index is 359. The number of anilines is 1. The fourth-order valence-corrected chi connectivity index (χ4v) is 1.70. The largest absolute Gasteiger partial charge is 0.387 e. The molecule has 0 saturated carbocycles. The SMILES string of the molecule is C=C(C)CN(CC)c1ccc([C@H](O)CC)nc1. The topological polar surface area (TPSA) is 36.4 Å². The summed E-state index contributed by atoms with van der Waals surface area (Å²) in [5.41, 5.74) is 2.94. The number of pyridine rings is 1. The van der Waals surface area contributed by atoms with Crippen molar-refractivity contribution in [2.75, 3.05) is 18.0 Å².